The highest BCUT2D eigenvalue weighted by atomic mass is 16.2. The van der Waals surface area contributed by atoms with E-state index in [1.54, 1.807) is 36.4 Å². The fraction of sp³-hybridized carbons (Fsp3) is 0.125. The van der Waals surface area contributed by atoms with Crippen molar-refractivity contribution in [3.05, 3.63) is 70.8 Å². The van der Waals surface area contributed by atoms with Crippen molar-refractivity contribution >= 4 is 11.6 Å². The second-order valence-electron chi connectivity index (χ2n) is 4.43. The van der Waals surface area contributed by atoms with Crippen LogP contribution < -0.4 is 5.73 Å². The summed E-state index contributed by atoms with van der Waals surface area (Å²) in [6.45, 7) is 2.35. The number of rotatable bonds is 4. The van der Waals surface area contributed by atoms with E-state index >= 15 is 0 Å². The zero-order chi connectivity index (χ0) is 13.8. The second kappa shape index (κ2) is 5.59. The summed E-state index contributed by atoms with van der Waals surface area (Å²) >= 11 is 0. The highest BCUT2D eigenvalue weighted by molar-refractivity contribution is 6.49. The van der Waals surface area contributed by atoms with E-state index in [-0.39, 0.29) is 0 Å². The Kier molecular flexibility index (Phi) is 3.88. The Labute approximate surface area is 112 Å². The molecule has 2 aromatic carbocycles. The van der Waals surface area contributed by atoms with Gasteiger partial charge in [-0.05, 0) is 12.5 Å². The lowest BCUT2D eigenvalue weighted by Crippen LogP contribution is -2.14. The van der Waals surface area contributed by atoms with Gasteiger partial charge in [0.2, 0.25) is 11.6 Å². The fourth-order valence-corrected chi connectivity index (χ4v) is 1.76. The molecule has 2 aromatic rings. The first-order valence-corrected chi connectivity index (χ1v) is 6.06. The van der Waals surface area contributed by atoms with Crippen molar-refractivity contribution in [2.75, 3.05) is 0 Å². The van der Waals surface area contributed by atoms with E-state index in [0.29, 0.717) is 17.7 Å². The number of hydrogen-bond donors (Lipinski definition) is 1. The van der Waals surface area contributed by atoms with Crippen LogP contribution in [0.5, 0.6) is 0 Å². The maximum absolute atomic E-state index is 12.0. The standard InChI is InChI=1S/C16H15NO2/c1-11-2-6-13(7-3-11)15(18)16(19)14-8-4-12(10-17)5-9-14/h2-9H,10,17H2,1H3. The fourth-order valence-electron chi connectivity index (χ4n) is 1.76. The third-order valence-corrected chi connectivity index (χ3v) is 2.97. The van der Waals surface area contributed by atoms with Gasteiger partial charge in [-0.1, -0.05) is 54.1 Å². The minimum Gasteiger partial charge on any atom is -0.326 e. The van der Waals surface area contributed by atoms with Crippen LogP contribution in [-0.4, -0.2) is 11.6 Å². The Morgan fingerprint density at radius 1 is 0.842 bits per heavy atom. The maximum Gasteiger partial charge on any atom is 0.233 e. The number of carbonyl (C=O) groups is 2. The molecular formula is C16H15NO2. The molecule has 0 saturated heterocycles. The predicted octanol–water partition coefficient (Wildman–Crippen LogP) is 2.52. The number of ketones is 2. The molecule has 0 radical (unpaired) electrons. The molecule has 2 N–H and O–H groups in total. The number of Topliss-reactive ketones (excluding diaryl/α,β-unsaturated/α-hetero) is 2. The smallest absolute Gasteiger partial charge is 0.233 e. The molecule has 0 aliphatic rings. The first-order chi connectivity index (χ1) is 9.11. The lowest BCUT2D eigenvalue weighted by molar-refractivity contribution is 0.0817. The minimum absolute atomic E-state index is 0.391. The maximum atomic E-state index is 12.0. The van der Waals surface area contributed by atoms with E-state index in [1.165, 1.54) is 0 Å². The molecule has 0 fully saturated rings. The van der Waals surface area contributed by atoms with Gasteiger partial charge in [-0.3, -0.25) is 9.59 Å². The summed E-state index contributed by atoms with van der Waals surface area (Å²) in [5, 5.41) is 0. The summed E-state index contributed by atoms with van der Waals surface area (Å²) in [4.78, 5) is 24.1. The largest absolute Gasteiger partial charge is 0.326 e. The Bertz CT molecular complexity index is 598. The zero-order valence-corrected chi connectivity index (χ0v) is 10.7. The van der Waals surface area contributed by atoms with E-state index in [4.69, 9.17) is 5.73 Å². The van der Waals surface area contributed by atoms with Crippen LogP contribution in [0.3, 0.4) is 0 Å². The Morgan fingerprint density at radius 2 is 1.26 bits per heavy atom. The summed E-state index contributed by atoms with van der Waals surface area (Å²) in [5.74, 6) is -0.979. The van der Waals surface area contributed by atoms with Gasteiger partial charge in [-0.15, -0.1) is 0 Å². The zero-order valence-electron chi connectivity index (χ0n) is 10.7. The Morgan fingerprint density at radius 3 is 1.68 bits per heavy atom. The van der Waals surface area contributed by atoms with Gasteiger partial charge in [0, 0.05) is 17.7 Å². The van der Waals surface area contributed by atoms with Gasteiger partial charge in [0.15, 0.2) is 0 Å². The van der Waals surface area contributed by atoms with Crippen molar-refractivity contribution in [2.24, 2.45) is 5.73 Å². The summed E-state index contributed by atoms with van der Waals surface area (Å²) in [7, 11) is 0. The van der Waals surface area contributed by atoms with Crippen LogP contribution in [0, 0.1) is 6.92 Å². The van der Waals surface area contributed by atoms with Crippen molar-refractivity contribution in [1.29, 1.82) is 0 Å². The van der Waals surface area contributed by atoms with Crippen LogP contribution in [0.1, 0.15) is 31.8 Å². The molecule has 2 rings (SSSR count). The van der Waals surface area contributed by atoms with Crippen LogP contribution in [-0.2, 0) is 6.54 Å². The normalized spacial score (nSPS) is 10.2. The lowest BCUT2D eigenvalue weighted by atomic mass is 10.00. The van der Waals surface area contributed by atoms with Crippen molar-refractivity contribution in [1.82, 2.24) is 0 Å². The SMILES string of the molecule is Cc1ccc(C(=O)C(=O)c2ccc(CN)cc2)cc1. The quantitative estimate of drug-likeness (QED) is 0.672. The molecule has 0 spiro atoms. The molecule has 0 amide bonds. The molecule has 0 aromatic heterocycles. The van der Waals surface area contributed by atoms with Crippen LogP contribution in [0.4, 0.5) is 0 Å². The first kappa shape index (κ1) is 13.2. The monoisotopic (exact) mass is 253 g/mol. The van der Waals surface area contributed by atoms with Gasteiger partial charge in [0.1, 0.15) is 0 Å². The molecule has 0 heterocycles. The van der Waals surface area contributed by atoms with Crippen molar-refractivity contribution in [3.8, 4) is 0 Å². The van der Waals surface area contributed by atoms with Crippen LogP contribution in [0.2, 0.25) is 0 Å². The molecule has 0 bridgehead atoms. The van der Waals surface area contributed by atoms with Gasteiger partial charge in [-0.2, -0.15) is 0 Å². The van der Waals surface area contributed by atoms with Gasteiger partial charge in [0.05, 0.1) is 0 Å². The van der Waals surface area contributed by atoms with E-state index in [0.717, 1.165) is 11.1 Å². The molecule has 0 aliphatic heterocycles. The average molecular weight is 253 g/mol. The van der Waals surface area contributed by atoms with Crippen molar-refractivity contribution in [3.63, 3.8) is 0 Å². The molecule has 96 valence electrons. The Hall–Kier alpha value is -2.26. The minimum atomic E-state index is -0.493. The molecule has 19 heavy (non-hydrogen) atoms. The van der Waals surface area contributed by atoms with E-state index in [9.17, 15) is 9.59 Å². The summed E-state index contributed by atoms with van der Waals surface area (Å²) in [5.41, 5.74) is 8.28. The highest BCUT2D eigenvalue weighted by Crippen LogP contribution is 2.10. The lowest BCUT2D eigenvalue weighted by Gasteiger charge is -2.02. The summed E-state index contributed by atoms with van der Waals surface area (Å²) in [6.07, 6.45) is 0. The van der Waals surface area contributed by atoms with Gasteiger partial charge >= 0.3 is 0 Å². The highest BCUT2D eigenvalue weighted by Gasteiger charge is 2.17. The third-order valence-electron chi connectivity index (χ3n) is 2.97. The molecule has 0 unspecified atom stereocenters. The number of nitrogens with two attached hydrogens (primary N) is 1. The van der Waals surface area contributed by atoms with E-state index in [1.807, 2.05) is 19.1 Å². The van der Waals surface area contributed by atoms with Gasteiger partial charge in [-0.25, -0.2) is 0 Å². The molecule has 3 heteroatoms. The number of benzene rings is 2. The van der Waals surface area contributed by atoms with Crippen molar-refractivity contribution in [2.45, 2.75) is 13.5 Å². The molecular weight excluding hydrogens is 238 g/mol. The second-order valence-corrected chi connectivity index (χ2v) is 4.43. The van der Waals surface area contributed by atoms with E-state index in [2.05, 4.69) is 0 Å². The Balaban J connectivity index is 2.23. The third kappa shape index (κ3) is 2.95. The molecule has 0 aliphatic carbocycles. The van der Waals surface area contributed by atoms with Crippen LogP contribution in [0.25, 0.3) is 0 Å². The number of aryl methyl sites for hydroxylation is 1. The topological polar surface area (TPSA) is 60.2 Å². The molecule has 3 nitrogen and oxygen atoms in total. The molecule has 0 atom stereocenters. The van der Waals surface area contributed by atoms with Gasteiger partial charge < -0.3 is 5.73 Å². The first-order valence-electron chi connectivity index (χ1n) is 6.06. The van der Waals surface area contributed by atoms with Crippen molar-refractivity contribution < 1.29 is 9.59 Å². The van der Waals surface area contributed by atoms with Crippen LogP contribution in [0.15, 0.2) is 48.5 Å². The van der Waals surface area contributed by atoms with E-state index < -0.39 is 11.6 Å². The predicted molar refractivity (Wildman–Crippen MR) is 74.2 cm³/mol. The average Bonchev–Trinajstić information content (AvgIpc) is 2.46. The number of carbonyl (C=O) groups excluding carboxylic acids is 2. The molecule has 0 saturated carbocycles. The number of hydrogen-bond acceptors (Lipinski definition) is 3. The van der Waals surface area contributed by atoms with Gasteiger partial charge in [0.25, 0.3) is 0 Å². The summed E-state index contributed by atoms with van der Waals surface area (Å²) in [6, 6.07) is 13.8. The van der Waals surface area contributed by atoms with Crippen LogP contribution >= 0.6 is 0 Å². The summed E-state index contributed by atoms with van der Waals surface area (Å²) < 4.78 is 0.